The van der Waals surface area contributed by atoms with E-state index in [-0.39, 0.29) is 5.54 Å². The summed E-state index contributed by atoms with van der Waals surface area (Å²) in [5.74, 6) is 0. The molecule has 4 N–H and O–H groups in total. The van der Waals surface area contributed by atoms with Crippen LogP contribution in [0.2, 0.25) is 0 Å². The van der Waals surface area contributed by atoms with Gasteiger partial charge in [0.1, 0.15) is 0 Å². The molecule has 2 heteroatoms. The van der Waals surface area contributed by atoms with Crippen molar-refractivity contribution in [3.05, 3.63) is 0 Å². The van der Waals surface area contributed by atoms with Crippen LogP contribution in [-0.4, -0.2) is 12.1 Å². The van der Waals surface area contributed by atoms with Crippen LogP contribution in [0, 0.1) is 0 Å². The van der Waals surface area contributed by atoms with Crippen molar-refractivity contribution in [2.75, 3.05) is 6.54 Å². The first-order chi connectivity index (χ1) is 4.41. The van der Waals surface area contributed by atoms with E-state index in [4.69, 9.17) is 11.5 Å². The fourth-order valence-corrected chi connectivity index (χ4v) is 0.204. The Morgan fingerprint density at radius 2 is 1.50 bits per heavy atom. The molecule has 0 rings (SSSR count). The van der Waals surface area contributed by atoms with Crippen LogP contribution in [0.3, 0.4) is 0 Å². The highest BCUT2D eigenvalue weighted by Crippen LogP contribution is 1.88. The third kappa shape index (κ3) is 103. The summed E-state index contributed by atoms with van der Waals surface area (Å²) in [5, 5.41) is 0. The summed E-state index contributed by atoms with van der Waals surface area (Å²) in [4.78, 5) is 0. The Balaban J connectivity index is 0. The van der Waals surface area contributed by atoms with E-state index in [1.807, 2.05) is 20.8 Å². The molecule has 0 bridgehead atoms. The second-order valence-electron chi connectivity index (χ2n) is 3.51. The zero-order chi connectivity index (χ0) is 8.62. The van der Waals surface area contributed by atoms with Gasteiger partial charge in [0.05, 0.1) is 0 Å². The van der Waals surface area contributed by atoms with Crippen molar-refractivity contribution >= 4 is 0 Å². The van der Waals surface area contributed by atoms with Crippen molar-refractivity contribution in [1.82, 2.24) is 0 Å². The highest BCUT2D eigenvalue weighted by molar-refractivity contribution is 4.60. The second kappa shape index (κ2) is 7.03. The van der Waals surface area contributed by atoms with Crippen LogP contribution in [0.15, 0.2) is 0 Å². The zero-order valence-electron chi connectivity index (χ0n) is 7.78. The molecule has 64 valence electrons. The summed E-state index contributed by atoms with van der Waals surface area (Å²) in [7, 11) is 0. The van der Waals surface area contributed by atoms with Crippen molar-refractivity contribution in [2.24, 2.45) is 11.5 Å². The van der Waals surface area contributed by atoms with Crippen LogP contribution in [-0.2, 0) is 0 Å². The lowest BCUT2D eigenvalue weighted by Gasteiger charge is -2.06. The summed E-state index contributed by atoms with van der Waals surface area (Å²) in [5.41, 5.74) is 10.5. The van der Waals surface area contributed by atoms with E-state index in [0.29, 0.717) is 0 Å². The van der Waals surface area contributed by atoms with E-state index in [1.54, 1.807) is 0 Å². The van der Waals surface area contributed by atoms with Gasteiger partial charge in [0.2, 0.25) is 0 Å². The van der Waals surface area contributed by atoms with Crippen LogP contribution < -0.4 is 11.5 Å². The number of nitrogens with two attached hydrogens (primary N) is 2. The number of hydrogen-bond acceptors (Lipinski definition) is 2. The first-order valence-corrected chi connectivity index (χ1v) is 3.90. The average molecular weight is 146 g/mol. The molecule has 0 aromatic heterocycles. The van der Waals surface area contributed by atoms with Crippen molar-refractivity contribution in [3.8, 4) is 0 Å². The van der Waals surface area contributed by atoms with Gasteiger partial charge in [-0.2, -0.15) is 0 Å². The molecular formula is C8H22N2. The molecule has 0 unspecified atom stereocenters. The lowest BCUT2D eigenvalue weighted by molar-refractivity contribution is 0.580. The van der Waals surface area contributed by atoms with E-state index in [1.165, 1.54) is 12.8 Å². The van der Waals surface area contributed by atoms with Crippen LogP contribution in [0.25, 0.3) is 0 Å². The van der Waals surface area contributed by atoms with Crippen LogP contribution in [0.4, 0.5) is 0 Å². The first-order valence-electron chi connectivity index (χ1n) is 3.90. The molecule has 0 saturated carbocycles. The lowest BCUT2D eigenvalue weighted by atomic mass is 10.1. The largest absolute Gasteiger partial charge is 0.330 e. The maximum atomic E-state index is 5.35. The molecule has 0 aliphatic heterocycles. The van der Waals surface area contributed by atoms with E-state index in [9.17, 15) is 0 Å². The summed E-state index contributed by atoms with van der Waals surface area (Å²) in [6.07, 6.45) is 2.39. The minimum Gasteiger partial charge on any atom is -0.330 e. The standard InChI is InChI=1S/2C4H11N/c1-4(2,3)5;1-2-3-4-5/h5H2,1-3H3;2-5H2,1H3. The van der Waals surface area contributed by atoms with Crippen molar-refractivity contribution < 1.29 is 0 Å². The molecule has 0 saturated heterocycles. The predicted octanol–water partition coefficient (Wildman–Crippen LogP) is 1.49. The Hall–Kier alpha value is -0.0800. The van der Waals surface area contributed by atoms with E-state index in [0.717, 1.165) is 6.54 Å². The molecule has 0 amide bonds. The molecule has 0 aliphatic carbocycles. The van der Waals surface area contributed by atoms with Crippen LogP contribution in [0.1, 0.15) is 40.5 Å². The van der Waals surface area contributed by atoms with Gasteiger partial charge in [-0.3, -0.25) is 0 Å². The predicted molar refractivity (Wildman–Crippen MR) is 47.9 cm³/mol. The highest BCUT2D eigenvalue weighted by Gasteiger charge is 1.95. The topological polar surface area (TPSA) is 52.0 Å². The van der Waals surface area contributed by atoms with Crippen molar-refractivity contribution in [1.29, 1.82) is 0 Å². The van der Waals surface area contributed by atoms with Gasteiger partial charge < -0.3 is 11.5 Å². The monoisotopic (exact) mass is 146 g/mol. The first kappa shape index (κ1) is 12.6. The number of hydrogen-bond donors (Lipinski definition) is 2. The van der Waals surface area contributed by atoms with Gasteiger partial charge >= 0.3 is 0 Å². The number of unbranched alkanes of at least 4 members (excludes halogenated alkanes) is 1. The quantitative estimate of drug-likeness (QED) is 0.620. The molecule has 0 aliphatic rings. The Bertz CT molecular complexity index is 46.8. The SMILES string of the molecule is CC(C)(C)N.CCCCN. The Kier molecular flexibility index (Phi) is 8.85. The molecule has 0 fully saturated rings. The molecule has 2 nitrogen and oxygen atoms in total. The smallest absolute Gasteiger partial charge is 0.00686 e. The Labute approximate surface area is 65.0 Å². The lowest BCUT2D eigenvalue weighted by Crippen LogP contribution is -2.26. The maximum absolute atomic E-state index is 5.35. The van der Waals surface area contributed by atoms with Gasteiger partial charge in [0, 0.05) is 5.54 Å². The van der Waals surface area contributed by atoms with E-state index >= 15 is 0 Å². The summed E-state index contributed by atoms with van der Waals surface area (Å²) in [6.45, 7) is 8.87. The van der Waals surface area contributed by atoms with E-state index in [2.05, 4.69) is 6.92 Å². The van der Waals surface area contributed by atoms with Gasteiger partial charge in [0.15, 0.2) is 0 Å². The van der Waals surface area contributed by atoms with Gasteiger partial charge in [0.25, 0.3) is 0 Å². The summed E-state index contributed by atoms with van der Waals surface area (Å²) < 4.78 is 0. The van der Waals surface area contributed by atoms with Gasteiger partial charge in [-0.15, -0.1) is 0 Å². The van der Waals surface area contributed by atoms with Crippen LogP contribution in [0.5, 0.6) is 0 Å². The molecular weight excluding hydrogens is 124 g/mol. The van der Waals surface area contributed by atoms with Gasteiger partial charge in [-0.25, -0.2) is 0 Å². The molecule has 0 spiro atoms. The minimum atomic E-state index is 0. The Morgan fingerprint density at radius 3 is 1.50 bits per heavy atom. The summed E-state index contributed by atoms with van der Waals surface area (Å²) in [6, 6.07) is 0. The zero-order valence-corrected chi connectivity index (χ0v) is 7.78. The fourth-order valence-electron chi connectivity index (χ4n) is 0.204. The van der Waals surface area contributed by atoms with Crippen molar-refractivity contribution in [2.45, 2.75) is 46.1 Å². The van der Waals surface area contributed by atoms with Gasteiger partial charge in [-0.1, -0.05) is 13.3 Å². The molecule has 0 atom stereocenters. The van der Waals surface area contributed by atoms with Gasteiger partial charge in [-0.05, 0) is 33.7 Å². The third-order valence-electron chi connectivity index (χ3n) is 0.558. The third-order valence-corrected chi connectivity index (χ3v) is 0.558. The normalized spacial score (nSPS) is 10.2. The Morgan fingerprint density at radius 1 is 1.20 bits per heavy atom. The molecule has 0 heterocycles. The van der Waals surface area contributed by atoms with Crippen LogP contribution >= 0.6 is 0 Å². The molecule has 0 aromatic rings. The second-order valence-corrected chi connectivity index (χ2v) is 3.51. The molecule has 10 heavy (non-hydrogen) atoms. The van der Waals surface area contributed by atoms with Crippen molar-refractivity contribution in [3.63, 3.8) is 0 Å². The number of rotatable bonds is 2. The highest BCUT2D eigenvalue weighted by atomic mass is 14.7. The minimum absolute atomic E-state index is 0. The average Bonchev–Trinajstić information content (AvgIpc) is 1.63. The van der Waals surface area contributed by atoms with E-state index < -0.39 is 0 Å². The molecule has 0 aromatic carbocycles. The summed E-state index contributed by atoms with van der Waals surface area (Å²) >= 11 is 0. The fraction of sp³-hybridized carbons (Fsp3) is 1.00. The molecule has 0 radical (unpaired) electrons. The maximum Gasteiger partial charge on any atom is 0.00686 e.